The number of amides is 1. The van der Waals surface area contributed by atoms with E-state index in [0.717, 1.165) is 4.90 Å². The molecule has 1 amide bonds. The minimum atomic E-state index is -3.71. The van der Waals surface area contributed by atoms with E-state index in [1.54, 1.807) is 12.1 Å². The van der Waals surface area contributed by atoms with Crippen LogP contribution in [-0.4, -0.2) is 57.4 Å². The Bertz CT molecular complexity index is 747. The van der Waals surface area contributed by atoms with E-state index < -0.39 is 10.0 Å². The molecule has 0 bridgehead atoms. The number of rotatable bonds is 6. The van der Waals surface area contributed by atoms with E-state index in [2.05, 4.69) is 11.9 Å². The van der Waals surface area contributed by atoms with Crippen molar-refractivity contribution in [2.75, 3.05) is 32.7 Å². The van der Waals surface area contributed by atoms with Gasteiger partial charge in [0.15, 0.2) is 6.04 Å². The SMILES string of the molecule is C=CCNC(=O)[C@H](C)[NH+]1CCN(S(=O)(=O)c2cc(Cl)ccc2Cl)CC1. The van der Waals surface area contributed by atoms with E-state index in [1.165, 1.54) is 16.4 Å². The van der Waals surface area contributed by atoms with Crippen LogP contribution in [0.1, 0.15) is 6.92 Å². The lowest BCUT2D eigenvalue weighted by Crippen LogP contribution is -3.19. The lowest BCUT2D eigenvalue weighted by Gasteiger charge is -2.34. The van der Waals surface area contributed by atoms with Crippen LogP contribution >= 0.6 is 23.2 Å². The molecule has 25 heavy (non-hydrogen) atoms. The Hall–Kier alpha value is -1.12. The molecule has 1 atom stereocenters. The highest BCUT2D eigenvalue weighted by molar-refractivity contribution is 7.89. The molecular formula is C16H22Cl2N3O3S+. The summed E-state index contributed by atoms with van der Waals surface area (Å²) in [5.74, 6) is -0.0657. The minimum absolute atomic E-state index is 0.0156. The van der Waals surface area contributed by atoms with E-state index in [-0.39, 0.29) is 21.9 Å². The number of carbonyl (C=O) groups excluding carboxylic acids is 1. The van der Waals surface area contributed by atoms with Crippen molar-refractivity contribution in [2.45, 2.75) is 17.9 Å². The van der Waals surface area contributed by atoms with E-state index >= 15 is 0 Å². The molecule has 0 radical (unpaired) electrons. The van der Waals surface area contributed by atoms with Gasteiger partial charge in [-0.05, 0) is 25.1 Å². The van der Waals surface area contributed by atoms with E-state index in [1.807, 2.05) is 6.92 Å². The third kappa shape index (κ3) is 4.74. The lowest BCUT2D eigenvalue weighted by atomic mass is 10.2. The summed E-state index contributed by atoms with van der Waals surface area (Å²) in [5.41, 5.74) is 0. The Balaban J connectivity index is 2.05. The van der Waals surface area contributed by atoms with Gasteiger partial charge in [0.25, 0.3) is 5.91 Å². The highest BCUT2D eigenvalue weighted by atomic mass is 35.5. The zero-order valence-corrected chi connectivity index (χ0v) is 16.3. The molecule has 1 aliphatic heterocycles. The molecule has 1 heterocycles. The summed E-state index contributed by atoms with van der Waals surface area (Å²) < 4.78 is 27.0. The monoisotopic (exact) mass is 406 g/mol. The normalized spacial score (nSPS) is 17.9. The second-order valence-corrected chi connectivity index (χ2v) is 8.64. The van der Waals surface area contributed by atoms with Crippen LogP contribution in [0.4, 0.5) is 0 Å². The van der Waals surface area contributed by atoms with Gasteiger partial charge < -0.3 is 10.2 Å². The number of nitrogens with one attached hydrogen (secondary N) is 2. The van der Waals surface area contributed by atoms with Gasteiger partial charge in [0.2, 0.25) is 10.0 Å². The lowest BCUT2D eigenvalue weighted by molar-refractivity contribution is -0.917. The molecule has 138 valence electrons. The number of piperazine rings is 1. The molecular weight excluding hydrogens is 385 g/mol. The number of hydrogen-bond donors (Lipinski definition) is 2. The minimum Gasteiger partial charge on any atom is -0.347 e. The molecule has 2 N–H and O–H groups in total. The summed E-state index contributed by atoms with van der Waals surface area (Å²) in [6.07, 6.45) is 1.62. The van der Waals surface area contributed by atoms with Crippen LogP contribution < -0.4 is 10.2 Å². The molecule has 0 spiro atoms. The highest BCUT2D eigenvalue weighted by Gasteiger charge is 2.35. The highest BCUT2D eigenvalue weighted by Crippen LogP contribution is 2.27. The molecule has 1 aromatic carbocycles. The second kappa shape index (κ2) is 8.51. The third-order valence-electron chi connectivity index (χ3n) is 4.30. The largest absolute Gasteiger partial charge is 0.347 e. The van der Waals surface area contributed by atoms with Crippen LogP contribution in [0.3, 0.4) is 0 Å². The zero-order valence-electron chi connectivity index (χ0n) is 14.0. The van der Waals surface area contributed by atoms with Crippen molar-refractivity contribution >= 4 is 39.1 Å². The molecule has 1 fully saturated rings. The molecule has 1 aliphatic rings. The summed E-state index contributed by atoms with van der Waals surface area (Å²) in [7, 11) is -3.71. The van der Waals surface area contributed by atoms with Crippen molar-refractivity contribution < 1.29 is 18.1 Å². The number of nitrogens with zero attached hydrogens (tertiary/aromatic N) is 1. The van der Waals surface area contributed by atoms with Crippen molar-refractivity contribution in [3.63, 3.8) is 0 Å². The number of carbonyl (C=O) groups is 1. The van der Waals surface area contributed by atoms with Gasteiger partial charge in [-0.3, -0.25) is 4.79 Å². The summed E-state index contributed by atoms with van der Waals surface area (Å²) >= 11 is 11.9. The maximum absolute atomic E-state index is 12.8. The fourth-order valence-electron chi connectivity index (χ4n) is 2.77. The van der Waals surface area contributed by atoms with Gasteiger partial charge in [-0.1, -0.05) is 29.3 Å². The van der Waals surface area contributed by atoms with Gasteiger partial charge in [-0.15, -0.1) is 6.58 Å². The Morgan fingerprint density at radius 2 is 2.04 bits per heavy atom. The third-order valence-corrected chi connectivity index (χ3v) is 6.92. The maximum atomic E-state index is 12.8. The summed E-state index contributed by atoms with van der Waals surface area (Å²) in [4.78, 5) is 13.1. The first-order chi connectivity index (χ1) is 11.8. The van der Waals surface area contributed by atoms with Gasteiger partial charge in [0.1, 0.15) is 4.90 Å². The van der Waals surface area contributed by atoms with Crippen LogP contribution in [0.25, 0.3) is 0 Å². The number of benzene rings is 1. The van der Waals surface area contributed by atoms with Gasteiger partial charge in [-0.2, -0.15) is 4.31 Å². The zero-order chi connectivity index (χ0) is 18.6. The predicted octanol–water partition coefficient (Wildman–Crippen LogP) is 0.573. The van der Waals surface area contributed by atoms with Crippen LogP contribution in [0.15, 0.2) is 35.7 Å². The first-order valence-corrected chi connectivity index (χ1v) is 10.2. The number of sulfonamides is 1. The fourth-order valence-corrected chi connectivity index (χ4v) is 4.95. The molecule has 1 saturated heterocycles. The molecule has 0 saturated carbocycles. The van der Waals surface area contributed by atoms with E-state index in [9.17, 15) is 13.2 Å². The fraction of sp³-hybridized carbons (Fsp3) is 0.438. The molecule has 1 aromatic rings. The summed E-state index contributed by atoms with van der Waals surface area (Å²) in [5, 5.41) is 3.24. The van der Waals surface area contributed by atoms with Gasteiger partial charge in [0, 0.05) is 11.6 Å². The van der Waals surface area contributed by atoms with Crippen molar-refractivity contribution in [1.29, 1.82) is 0 Å². The summed E-state index contributed by atoms with van der Waals surface area (Å²) in [6.45, 7) is 7.55. The topological polar surface area (TPSA) is 70.9 Å². The first kappa shape index (κ1) is 20.2. The van der Waals surface area contributed by atoms with Crippen molar-refractivity contribution in [3.8, 4) is 0 Å². The first-order valence-electron chi connectivity index (χ1n) is 7.95. The Kier molecular flexibility index (Phi) is 6.87. The number of hydrogen-bond acceptors (Lipinski definition) is 3. The number of quaternary nitrogens is 1. The number of halogens is 2. The summed E-state index contributed by atoms with van der Waals surface area (Å²) in [6, 6.07) is 4.14. The van der Waals surface area contributed by atoms with Crippen LogP contribution in [-0.2, 0) is 14.8 Å². The van der Waals surface area contributed by atoms with Crippen molar-refractivity contribution in [1.82, 2.24) is 9.62 Å². The maximum Gasteiger partial charge on any atom is 0.278 e. The quantitative estimate of drug-likeness (QED) is 0.678. The van der Waals surface area contributed by atoms with Crippen molar-refractivity contribution in [3.05, 3.63) is 40.9 Å². The van der Waals surface area contributed by atoms with Crippen LogP contribution in [0.2, 0.25) is 10.0 Å². The average Bonchev–Trinajstić information content (AvgIpc) is 2.61. The molecule has 0 aliphatic carbocycles. The second-order valence-electron chi connectivity index (χ2n) is 5.89. The van der Waals surface area contributed by atoms with Gasteiger partial charge in [-0.25, -0.2) is 8.42 Å². The molecule has 0 aromatic heterocycles. The average molecular weight is 407 g/mol. The standard InChI is InChI=1S/C16H21Cl2N3O3S/c1-3-6-19-16(22)12(2)20-7-9-21(10-8-20)25(23,24)15-11-13(17)4-5-14(15)18/h3-5,11-12H,1,6-10H2,2H3,(H,19,22)/p+1/t12-/m0/s1. The molecule has 2 rings (SSSR count). The predicted molar refractivity (Wildman–Crippen MR) is 98.6 cm³/mol. The molecule has 9 heteroatoms. The Labute approximate surface area is 158 Å². The van der Waals surface area contributed by atoms with Crippen LogP contribution in [0, 0.1) is 0 Å². The molecule has 6 nitrogen and oxygen atoms in total. The van der Waals surface area contributed by atoms with Gasteiger partial charge in [0.05, 0.1) is 31.2 Å². The smallest absolute Gasteiger partial charge is 0.278 e. The molecule has 0 unspecified atom stereocenters. The Morgan fingerprint density at radius 3 is 2.64 bits per heavy atom. The van der Waals surface area contributed by atoms with Crippen molar-refractivity contribution in [2.24, 2.45) is 0 Å². The van der Waals surface area contributed by atoms with Crippen LogP contribution in [0.5, 0.6) is 0 Å². The van der Waals surface area contributed by atoms with E-state index in [4.69, 9.17) is 23.2 Å². The van der Waals surface area contributed by atoms with Gasteiger partial charge >= 0.3 is 0 Å². The van der Waals surface area contributed by atoms with E-state index in [0.29, 0.717) is 37.7 Å². The Morgan fingerprint density at radius 1 is 1.40 bits per heavy atom.